The van der Waals surface area contributed by atoms with Crippen molar-refractivity contribution in [1.82, 2.24) is 34.8 Å². The van der Waals surface area contributed by atoms with Crippen molar-refractivity contribution < 1.29 is 15.0 Å². The molecule has 3 aromatic heterocycles. The summed E-state index contributed by atoms with van der Waals surface area (Å²) < 4.78 is 3.35. The monoisotopic (exact) mass is 708 g/mol. The van der Waals surface area contributed by atoms with E-state index in [0.717, 1.165) is 37.8 Å². The van der Waals surface area contributed by atoms with Gasteiger partial charge in [-0.25, -0.2) is 14.5 Å². The van der Waals surface area contributed by atoms with Crippen molar-refractivity contribution in [2.75, 3.05) is 0 Å². The fraction of sp³-hybridized carbons (Fsp3) is 0.222. The molecule has 14 heteroatoms. The number of halogens is 1. The molecule has 50 heavy (non-hydrogen) atoms. The summed E-state index contributed by atoms with van der Waals surface area (Å²) in [6.45, 7) is 8.18. The molecule has 1 aliphatic heterocycles. The number of amides is 1. The highest BCUT2D eigenvalue weighted by Gasteiger charge is 2.32. The van der Waals surface area contributed by atoms with Gasteiger partial charge >= 0.3 is 5.69 Å². The van der Waals surface area contributed by atoms with Gasteiger partial charge in [0.15, 0.2) is 11.6 Å². The van der Waals surface area contributed by atoms with Gasteiger partial charge in [0, 0.05) is 33.6 Å². The van der Waals surface area contributed by atoms with Gasteiger partial charge in [0.1, 0.15) is 28.4 Å². The lowest BCUT2D eigenvalue weighted by Gasteiger charge is -2.13. The second kappa shape index (κ2) is 13.1. The van der Waals surface area contributed by atoms with Crippen molar-refractivity contribution >= 4 is 34.6 Å². The van der Waals surface area contributed by atoms with E-state index in [1.165, 1.54) is 10.6 Å². The van der Waals surface area contributed by atoms with Crippen LogP contribution in [0.2, 0.25) is 5.02 Å². The number of nitrogens with one attached hydrogen (secondary N) is 2. The van der Waals surface area contributed by atoms with Crippen LogP contribution in [0.5, 0.6) is 11.5 Å². The van der Waals surface area contributed by atoms with Crippen LogP contribution in [0.1, 0.15) is 63.7 Å². The fourth-order valence-corrected chi connectivity index (χ4v) is 7.49. The molecule has 0 fully saturated rings. The predicted molar refractivity (Wildman–Crippen MR) is 192 cm³/mol. The van der Waals surface area contributed by atoms with E-state index in [1.54, 1.807) is 41.7 Å². The zero-order valence-corrected chi connectivity index (χ0v) is 29.2. The van der Waals surface area contributed by atoms with Gasteiger partial charge in [0.05, 0.1) is 23.4 Å². The van der Waals surface area contributed by atoms with E-state index < -0.39 is 11.7 Å². The summed E-state index contributed by atoms with van der Waals surface area (Å²) in [6.07, 6.45) is 0.573. The molecule has 12 nitrogen and oxygen atoms in total. The third-order valence-corrected chi connectivity index (χ3v) is 10.4. The Bertz CT molecular complexity index is 2350. The number of nitrogens with zero attached hydrogens (tertiary/aromatic N) is 6. The molecule has 6 aromatic rings. The number of thiophene rings is 1. The number of phenolic OH excluding ortho intramolecular Hbond substituents is 2. The van der Waals surface area contributed by atoms with Crippen LogP contribution in [0.3, 0.4) is 0 Å². The lowest BCUT2D eigenvalue weighted by atomic mass is 9.99. The lowest BCUT2D eigenvalue weighted by molar-refractivity contribution is -0.121. The number of H-pyrrole nitrogens is 1. The van der Waals surface area contributed by atoms with Crippen molar-refractivity contribution in [3.8, 4) is 33.6 Å². The largest absolute Gasteiger partial charge is 0.508 e. The van der Waals surface area contributed by atoms with Crippen molar-refractivity contribution in [3.63, 3.8) is 0 Å². The van der Waals surface area contributed by atoms with Crippen LogP contribution in [0.15, 0.2) is 70.5 Å². The maximum atomic E-state index is 13.5. The highest BCUT2D eigenvalue weighted by molar-refractivity contribution is 7.15. The molecule has 0 bridgehead atoms. The Balaban J connectivity index is 1.13. The first-order valence-corrected chi connectivity index (χ1v) is 17.2. The van der Waals surface area contributed by atoms with Crippen LogP contribution in [0, 0.1) is 20.8 Å². The third kappa shape index (κ3) is 5.88. The Labute approximate surface area is 295 Å². The van der Waals surface area contributed by atoms with Crippen LogP contribution in [-0.2, 0) is 17.8 Å². The molecule has 0 unspecified atom stereocenters. The number of carbonyl (C=O) groups excluding carboxylic acids is 1. The maximum Gasteiger partial charge on any atom is 0.348 e. The quantitative estimate of drug-likeness (QED) is 0.150. The minimum atomic E-state index is -0.598. The number of fused-ring (bicyclic) bond motifs is 3. The van der Waals surface area contributed by atoms with Gasteiger partial charge in [-0.2, -0.15) is 5.10 Å². The smallest absolute Gasteiger partial charge is 0.348 e. The molecule has 4 N–H and O–H groups in total. The Morgan fingerprint density at radius 3 is 2.46 bits per heavy atom. The number of carbonyl (C=O) groups is 1. The van der Waals surface area contributed by atoms with Crippen molar-refractivity contribution in [2.24, 2.45) is 4.99 Å². The summed E-state index contributed by atoms with van der Waals surface area (Å²) in [5, 5.41) is 40.7. The van der Waals surface area contributed by atoms with Gasteiger partial charge in [-0.05, 0) is 74.2 Å². The Hall–Kier alpha value is -5.53. The molecule has 0 spiro atoms. The molecule has 1 aliphatic rings. The van der Waals surface area contributed by atoms with E-state index in [-0.39, 0.29) is 36.2 Å². The first kappa shape index (κ1) is 33.0. The van der Waals surface area contributed by atoms with Gasteiger partial charge < -0.3 is 15.5 Å². The number of phenols is 2. The van der Waals surface area contributed by atoms with Gasteiger partial charge in [-0.1, -0.05) is 42.8 Å². The van der Waals surface area contributed by atoms with E-state index in [4.69, 9.17) is 16.6 Å². The molecule has 0 radical (unpaired) electrons. The normalized spacial score (nSPS) is 13.8. The summed E-state index contributed by atoms with van der Waals surface area (Å²) in [4.78, 5) is 32.6. The number of aliphatic imine (C=N–C) groups is 1. The summed E-state index contributed by atoms with van der Waals surface area (Å²) >= 11 is 7.87. The van der Waals surface area contributed by atoms with E-state index in [2.05, 4.69) is 39.6 Å². The number of rotatable bonds is 8. The number of aromatic hydroxyl groups is 2. The lowest BCUT2D eigenvalue weighted by Crippen LogP contribution is -2.25. The minimum absolute atomic E-state index is 0.0314. The summed E-state index contributed by atoms with van der Waals surface area (Å²) in [7, 11) is 0. The summed E-state index contributed by atoms with van der Waals surface area (Å²) in [6, 6.07) is 16.9. The van der Waals surface area contributed by atoms with E-state index >= 15 is 0 Å². The van der Waals surface area contributed by atoms with Crippen molar-refractivity contribution in [1.29, 1.82) is 0 Å². The van der Waals surface area contributed by atoms with Crippen LogP contribution < -0.4 is 11.0 Å². The van der Waals surface area contributed by atoms with Gasteiger partial charge in [0.25, 0.3) is 0 Å². The van der Waals surface area contributed by atoms with E-state index in [0.29, 0.717) is 39.9 Å². The molecular weight excluding hydrogens is 676 g/mol. The number of hydrogen-bond acceptors (Lipinski definition) is 9. The number of aryl methyl sites for hydroxylation is 3. The van der Waals surface area contributed by atoms with E-state index in [1.807, 2.05) is 42.7 Å². The topological polar surface area (TPSA) is 163 Å². The molecule has 7 rings (SSSR count). The number of aromatic amines is 1. The molecule has 0 saturated carbocycles. The third-order valence-electron chi connectivity index (χ3n) is 8.91. The molecule has 1 atom stereocenters. The van der Waals surface area contributed by atoms with Crippen LogP contribution in [0.4, 0.5) is 0 Å². The molecule has 4 heterocycles. The molecule has 0 aliphatic carbocycles. The Morgan fingerprint density at radius 2 is 1.74 bits per heavy atom. The molecule has 3 aromatic carbocycles. The highest BCUT2D eigenvalue weighted by Crippen LogP contribution is 2.40. The number of hydrogen-bond donors (Lipinski definition) is 4. The van der Waals surface area contributed by atoms with Crippen molar-refractivity contribution in [3.05, 3.63) is 121 Å². The maximum absolute atomic E-state index is 13.5. The van der Waals surface area contributed by atoms with Gasteiger partial charge in [0.2, 0.25) is 5.91 Å². The Morgan fingerprint density at radius 1 is 1.00 bits per heavy atom. The number of benzene rings is 3. The van der Waals surface area contributed by atoms with E-state index in [9.17, 15) is 19.8 Å². The zero-order valence-electron chi connectivity index (χ0n) is 27.7. The summed E-state index contributed by atoms with van der Waals surface area (Å²) in [5.41, 5.74) is 5.52. The molecular formula is C36H33ClN8O4S. The van der Waals surface area contributed by atoms with Crippen LogP contribution in [0.25, 0.3) is 22.1 Å². The molecule has 1 amide bonds. The molecule has 254 valence electrons. The first-order chi connectivity index (χ1) is 24.0. The minimum Gasteiger partial charge on any atom is -0.508 e. The first-order valence-electron chi connectivity index (χ1n) is 16.0. The van der Waals surface area contributed by atoms with Crippen LogP contribution in [-0.4, -0.2) is 51.4 Å². The van der Waals surface area contributed by atoms with Gasteiger partial charge in [-0.15, -0.1) is 21.5 Å². The average Bonchev–Trinajstić information content (AvgIpc) is 3.73. The molecule has 0 saturated heterocycles. The fourth-order valence-electron chi connectivity index (χ4n) is 6.15. The number of aromatic nitrogens is 6. The van der Waals surface area contributed by atoms with Crippen molar-refractivity contribution in [2.45, 2.75) is 53.1 Å². The predicted octanol–water partition coefficient (Wildman–Crippen LogP) is 6.02. The standard InChI is InChI=1S/C36H33ClN8O4S/c1-5-22-14-26(29(47)16-28(22)46)33-41-43-36(49)45(33)25-12-6-21(7-13-25)17-38-30(48)15-27-34-42-40-20(4)44(34)35-31(18(2)19(3)50-35)32(39-27)23-8-10-24(37)11-9-23/h6-14,16,27,46-47H,5,15,17H2,1-4H3,(H,38,48)(H,43,49)/t27-/m0/s1. The highest BCUT2D eigenvalue weighted by atomic mass is 35.5. The average molecular weight is 709 g/mol. The second-order valence-corrected chi connectivity index (χ2v) is 13.7. The zero-order chi connectivity index (χ0) is 35.3. The SMILES string of the molecule is CCc1cc(-c2n[nH]c(=O)n2-c2ccc(CNC(=O)C[C@@H]3N=C(c4ccc(Cl)cc4)c4c(sc(C)c4C)-n4c(C)nnc43)cc2)c(O)cc1O. The summed E-state index contributed by atoms with van der Waals surface area (Å²) in [5.74, 6) is 1.06. The second-order valence-electron chi connectivity index (χ2n) is 12.1. The van der Waals surface area contributed by atoms with Gasteiger partial charge in [-0.3, -0.25) is 14.4 Å². The van der Waals surface area contributed by atoms with Crippen LogP contribution >= 0.6 is 22.9 Å². The Kier molecular flexibility index (Phi) is 8.62.